The highest BCUT2D eigenvalue weighted by Gasteiger charge is 2.00. The molecule has 1 rings (SSSR count). The largest absolute Gasteiger partial charge is 0.465 e. The summed E-state index contributed by atoms with van der Waals surface area (Å²) >= 11 is 0. The van der Waals surface area contributed by atoms with Crippen LogP contribution in [-0.2, 0) is 6.42 Å². The molecule has 1 aromatic rings. The topological polar surface area (TPSA) is 13.1 Å². The molecule has 0 saturated heterocycles. The zero-order valence-electron chi connectivity index (χ0n) is 9.09. The standard InChI is InChI=1S/C12H21OP/c1-2-3-4-5-6-7-8-11-9-10-13-12(11)14/h9-10H,2-8,14H2,1H3. The summed E-state index contributed by atoms with van der Waals surface area (Å²) in [5.74, 6) is 0. The predicted molar refractivity (Wildman–Crippen MR) is 65.1 cm³/mol. The van der Waals surface area contributed by atoms with Crippen molar-refractivity contribution in [2.24, 2.45) is 0 Å². The first-order valence-corrected chi connectivity index (χ1v) is 6.24. The highest BCUT2D eigenvalue weighted by Crippen LogP contribution is 2.10. The Balaban J connectivity index is 2.02. The van der Waals surface area contributed by atoms with Crippen molar-refractivity contribution in [1.82, 2.24) is 0 Å². The van der Waals surface area contributed by atoms with Crippen LogP contribution in [0.4, 0.5) is 0 Å². The molecule has 0 radical (unpaired) electrons. The lowest BCUT2D eigenvalue weighted by Crippen LogP contribution is -1.95. The van der Waals surface area contributed by atoms with Crippen LogP contribution in [0.3, 0.4) is 0 Å². The average molecular weight is 212 g/mol. The van der Waals surface area contributed by atoms with E-state index in [1.165, 1.54) is 50.5 Å². The summed E-state index contributed by atoms with van der Waals surface area (Å²) in [6, 6.07) is 2.08. The molecule has 0 saturated carbocycles. The summed E-state index contributed by atoms with van der Waals surface area (Å²) in [4.78, 5) is 0. The van der Waals surface area contributed by atoms with Crippen LogP contribution in [0.5, 0.6) is 0 Å². The van der Waals surface area contributed by atoms with E-state index in [-0.39, 0.29) is 0 Å². The van der Waals surface area contributed by atoms with Gasteiger partial charge in [-0.25, -0.2) is 0 Å². The average Bonchev–Trinajstić information content (AvgIpc) is 2.58. The molecule has 1 nitrogen and oxygen atoms in total. The second kappa shape index (κ2) is 7.06. The van der Waals surface area contributed by atoms with Gasteiger partial charge in [0.2, 0.25) is 0 Å². The normalized spacial score (nSPS) is 10.7. The fourth-order valence-electron chi connectivity index (χ4n) is 1.65. The first-order valence-electron chi connectivity index (χ1n) is 5.66. The van der Waals surface area contributed by atoms with E-state index in [2.05, 4.69) is 22.2 Å². The van der Waals surface area contributed by atoms with Gasteiger partial charge in [0.1, 0.15) is 5.50 Å². The molecule has 1 aromatic heterocycles. The molecule has 1 unspecified atom stereocenters. The number of rotatable bonds is 7. The van der Waals surface area contributed by atoms with E-state index in [0.29, 0.717) is 0 Å². The van der Waals surface area contributed by atoms with Gasteiger partial charge in [0, 0.05) is 0 Å². The van der Waals surface area contributed by atoms with Crippen LogP contribution in [0.2, 0.25) is 0 Å². The van der Waals surface area contributed by atoms with Gasteiger partial charge in [0.05, 0.1) is 6.26 Å². The second-order valence-electron chi connectivity index (χ2n) is 3.83. The zero-order chi connectivity index (χ0) is 10.2. The van der Waals surface area contributed by atoms with Gasteiger partial charge >= 0.3 is 0 Å². The molecular formula is C12H21OP. The summed E-state index contributed by atoms with van der Waals surface area (Å²) in [6.45, 7) is 2.26. The van der Waals surface area contributed by atoms with Gasteiger partial charge in [-0.15, -0.1) is 0 Å². The number of aryl methyl sites for hydroxylation is 1. The third kappa shape index (κ3) is 4.28. The lowest BCUT2D eigenvalue weighted by atomic mass is 10.1. The summed E-state index contributed by atoms with van der Waals surface area (Å²) in [5.41, 5.74) is 2.36. The lowest BCUT2D eigenvalue weighted by Gasteiger charge is -2.00. The minimum Gasteiger partial charge on any atom is -0.465 e. The van der Waals surface area contributed by atoms with Gasteiger partial charge in [0.15, 0.2) is 0 Å². The summed E-state index contributed by atoms with van der Waals surface area (Å²) in [5, 5.41) is 0. The van der Waals surface area contributed by atoms with E-state index in [1.54, 1.807) is 6.26 Å². The molecule has 0 bridgehead atoms. The number of hydrogen-bond donors (Lipinski definition) is 0. The second-order valence-corrected chi connectivity index (χ2v) is 4.35. The third-order valence-electron chi connectivity index (χ3n) is 2.58. The van der Waals surface area contributed by atoms with Crippen LogP contribution < -0.4 is 5.50 Å². The predicted octanol–water partition coefficient (Wildman–Crippen LogP) is 3.68. The maximum Gasteiger partial charge on any atom is 0.122 e. The Morgan fingerprint density at radius 2 is 1.86 bits per heavy atom. The Labute approximate surface area is 89.5 Å². The van der Waals surface area contributed by atoms with Crippen molar-refractivity contribution in [3.8, 4) is 0 Å². The highest BCUT2D eigenvalue weighted by atomic mass is 31.0. The molecule has 0 N–H and O–H groups in total. The monoisotopic (exact) mass is 212 g/mol. The van der Waals surface area contributed by atoms with Gasteiger partial charge in [-0.2, -0.15) is 0 Å². The molecule has 0 aliphatic heterocycles. The van der Waals surface area contributed by atoms with Crippen LogP contribution in [0.25, 0.3) is 0 Å². The zero-order valence-corrected chi connectivity index (χ0v) is 10.2. The SMILES string of the molecule is CCCCCCCCc1ccoc1P. The summed E-state index contributed by atoms with van der Waals surface area (Å²) in [7, 11) is 2.65. The molecule has 0 aliphatic rings. The Hall–Kier alpha value is -0.290. The van der Waals surface area contributed by atoms with E-state index < -0.39 is 0 Å². The quantitative estimate of drug-likeness (QED) is 0.496. The maximum atomic E-state index is 5.22. The maximum absolute atomic E-state index is 5.22. The molecule has 0 aliphatic carbocycles. The Kier molecular flexibility index (Phi) is 5.94. The van der Waals surface area contributed by atoms with Crippen molar-refractivity contribution in [3.63, 3.8) is 0 Å². The molecule has 0 spiro atoms. The number of furan rings is 1. The molecule has 0 fully saturated rings. The first-order chi connectivity index (χ1) is 6.84. The van der Waals surface area contributed by atoms with Crippen LogP contribution in [0.15, 0.2) is 16.7 Å². The van der Waals surface area contributed by atoms with Gasteiger partial charge in [-0.1, -0.05) is 48.3 Å². The fourth-order valence-corrected chi connectivity index (χ4v) is 1.97. The minimum absolute atomic E-state index is 1.01. The Morgan fingerprint density at radius 3 is 2.50 bits per heavy atom. The van der Waals surface area contributed by atoms with E-state index >= 15 is 0 Å². The highest BCUT2D eigenvalue weighted by molar-refractivity contribution is 7.26. The van der Waals surface area contributed by atoms with Crippen molar-refractivity contribution < 1.29 is 4.42 Å². The van der Waals surface area contributed by atoms with Crippen LogP contribution in [-0.4, -0.2) is 0 Å². The summed E-state index contributed by atoms with van der Waals surface area (Å²) < 4.78 is 5.22. The fraction of sp³-hybridized carbons (Fsp3) is 0.667. The number of hydrogen-bond acceptors (Lipinski definition) is 1. The molecular weight excluding hydrogens is 191 g/mol. The number of unbranched alkanes of at least 4 members (excludes halogenated alkanes) is 5. The van der Waals surface area contributed by atoms with E-state index in [0.717, 1.165) is 5.50 Å². The van der Waals surface area contributed by atoms with Gasteiger partial charge in [-0.3, -0.25) is 0 Å². The lowest BCUT2D eigenvalue weighted by molar-refractivity contribution is 0.594. The van der Waals surface area contributed by atoms with Crippen molar-refractivity contribution in [2.75, 3.05) is 0 Å². The van der Waals surface area contributed by atoms with Crippen molar-refractivity contribution in [3.05, 3.63) is 17.9 Å². The van der Waals surface area contributed by atoms with E-state index in [1.807, 2.05) is 0 Å². The van der Waals surface area contributed by atoms with Crippen LogP contribution in [0, 0.1) is 0 Å². The van der Waals surface area contributed by atoms with Crippen molar-refractivity contribution in [2.45, 2.75) is 51.9 Å². The van der Waals surface area contributed by atoms with Gasteiger partial charge < -0.3 is 4.42 Å². The Morgan fingerprint density at radius 1 is 1.14 bits per heavy atom. The molecule has 14 heavy (non-hydrogen) atoms. The smallest absolute Gasteiger partial charge is 0.122 e. The first kappa shape index (κ1) is 11.8. The Bertz CT molecular complexity index is 242. The third-order valence-corrected chi connectivity index (χ3v) is 3.09. The molecule has 0 amide bonds. The summed E-state index contributed by atoms with van der Waals surface area (Å²) in [6.07, 6.45) is 11.1. The van der Waals surface area contributed by atoms with E-state index in [9.17, 15) is 0 Å². The molecule has 1 heterocycles. The van der Waals surface area contributed by atoms with Gasteiger partial charge in [0.25, 0.3) is 0 Å². The molecule has 80 valence electrons. The minimum atomic E-state index is 1.01. The van der Waals surface area contributed by atoms with Crippen molar-refractivity contribution in [1.29, 1.82) is 0 Å². The van der Waals surface area contributed by atoms with Crippen LogP contribution in [0.1, 0.15) is 51.0 Å². The van der Waals surface area contributed by atoms with Gasteiger partial charge in [-0.05, 0) is 24.5 Å². The molecule has 1 atom stereocenters. The molecule has 2 heteroatoms. The van der Waals surface area contributed by atoms with E-state index in [4.69, 9.17) is 4.42 Å². The molecule has 0 aromatic carbocycles. The van der Waals surface area contributed by atoms with Crippen LogP contribution >= 0.6 is 9.24 Å². The van der Waals surface area contributed by atoms with Crippen molar-refractivity contribution >= 4 is 14.7 Å².